The maximum absolute atomic E-state index is 13.7. The average molecular weight is 394 g/mol. The smallest absolute Gasteiger partial charge is 0.294 e. The van der Waals surface area contributed by atoms with E-state index in [1.807, 2.05) is 29.2 Å². The van der Waals surface area contributed by atoms with Gasteiger partial charge in [-0.15, -0.1) is 0 Å². The summed E-state index contributed by atoms with van der Waals surface area (Å²) in [6.45, 7) is 2.01. The van der Waals surface area contributed by atoms with Gasteiger partial charge in [-0.25, -0.2) is 9.37 Å². The fraction of sp³-hybridized carbons (Fsp3) is 0.318. The molecule has 2 aromatic carbocycles. The number of rotatable bonds is 6. The van der Waals surface area contributed by atoms with Crippen molar-refractivity contribution in [2.75, 3.05) is 18.0 Å². The first kappa shape index (κ1) is 19.1. The van der Waals surface area contributed by atoms with Gasteiger partial charge in [-0.05, 0) is 31.0 Å². The summed E-state index contributed by atoms with van der Waals surface area (Å²) in [6.07, 6.45) is 2.22. The van der Waals surface area contributed by atoms with Crippen LogP contribution in [0.25, 0.3) is 11.0 Å². The second kappa shape index (κ2) is 8.43. The van der Waals surface area contributed by atoms with Crippen molar-refractivity contribution in [1.82, 2.24) is 14.9 Å². The monoisotopic (exact) mass is 394 g/mol. The Bertz CT molecular complexity index is 1090. The number of aromatic nitrogens is 2. The molecule has 1 fully saturated rings. The predicted octanol–water partition coefficient (Wildman–Crippen LogP) is 2.84. The molecule has 1 saturated heterocycles. The Kier molecular flexibility index (Phi) is 5.55. The van der Waals surface area contributed by atoms with Crippen LogP contribution in [-0.4, -0.2) is 28.5 Å². The van der Waals surface area contributed by atoms with E-state index in [0.29, 0.717) is 16.9 Å². The number of aryl methyl sites for hydroxylation is 1. The number of carbonyl (C=O) groups excluding carboxylic acids is 1. The number of anilines is 1. The van der Waals surface area contributed by atoms with Crippen molar-refractivity contribution in [3.63, 3.8) is 0 Å². The molecule has 0 saturated carbocycles. The summed E-state index contributed by atoms with van der Waals surface area (Å²) in [6, 6.07) is 13.8. The van der Waals surface area contributed by atoms with Gasteiger partial charge >= 0.3 is 0 Å². The average Bonchev–Trinajstić information content (AvgIpc) is 3.27. The lowest BCUT2D eigenvalue weighted by molar-refractivity contribution is -0.121. The Morgan fingerprint density at radius 1 is 1.07 bits per heavy atom. The van der Waals surface area contributed by atoms with Gasteiger partial charge in [0.2, 0.25) is 5.91 Å². The zero-order chi connectivity index (χ0) is 20.2. The van der Waals surface area contributed by atoms with Gasteiger partial charge in [-0.1, -0.05) is 30.3 Å². The highest BCUT2D eigenvalue weighted by molar-refractivity contribution is 5.78. The first-order valence-corrected chi connectivity index (χ1v) is 9.88. The minimum atomic E-state index is -0.348. The number of hydrogen-bond acceptors (Lipinski definition) is 4. The molecule has 2 heterocycles. The quantitative estimate of drug-likeness (QED) is 0.698. The third kappa shape index (κ3) is 4.13. The van der Waals surface area contributed by atoms with Gasteiger partial charge in [0.05, 0.1) is 11.0 Å². The van der Waals surface area contributed by atoms with Gasteiger partial charge in [0.1, 0.15) is 5.82 Å². The van der Waals surface area contributed by atoms with Gasteiger partial charge in [0, 0.05) is 38.2 Å². The first-order chi connectivity index (χ1) is 14.1. The zero-order valence-electron chi connectivity index (χ0n) is 16.1. The van der Waals surface area contributed by atoms with Gasteiger partial charge in [0.15, 0.2) is 5.82 Å². The highest BCUT2D eigenvalue weighted by atomic mass is 19.1. The zero-order valence-corrected chi connectivity index (χ0v) is 16.1. The molecule has 6 nitrogen and oxygen atoms in total. The highest BCUT2D eigenvalue weighted by Gasteiger charge is 2.20. The lowest BCUT2D eigenvalue weighted by atomic mass is 10.2. The van der Waals surface area contributed by atoms with Crippen molar-refractivity contribution in [2.24, 2.45) is 0 Å². The Balaban J connectivity index is 1.52. The number of halogens is 1. The molecule has 29 heavy (non-hydrogen) atoms. The molecule has 0 radical (unpaired) electrons. The molecule has 0 spiro atoms. The number of amides is 1. The fourth-order valence-electron chi connectivity index (χ4n) is 3.67. The number of hydrogen-bond donors (Lipinski definition) is 1. The second-order valence-corrected chi connectivity index (χ2v) is 7.19. The van der Waals surface area contributed by atoms with Gasteiger partial charge in [-0.3, -0.25) is 9.59 Å². The minimum Gasteiger partial charge on any atom is -0.352 e. The van der Waals surface area contributed by atoms with Crippen molar-refractivity contribution in [3.05, 3.63) is 70.3 Å². The van der Waals surface area contributed by atoms with E-state index in [1.165, 1.54) is 6.07 Å². The van der Waals surface area contributed by atoms with E-state index in [-0.39, 0.29) is 36.8 Å². The molecule has 1 aliphatic heterocycles. The topological polar surface area (TPSA) is 67.2 Å². The fourth-order valence-corrected chi connectivity index (χ4v) is 3.67. The van der Waals surface area contributed by atoms with Crippen LogP contribution in [0.15, 0.2) is 53.3 Å². The standard InChI is InChI=1S/C22H23FN4O2/c23-17-8-2-1-7-16(17)15-24-20(28)11-14-27-19-10-4-3-9-18(19)25-21(22(27)29)26-12-5-6-13-26/h1-4,7-10H,5-6,11-15H2,(H,24,28). The van der Waals surface area contributed by atoms with Crippen LogP contribution in [0.2, 0.25) is 0 Å². The van der Waals surface area contributed by atoms with E-state index in [4.69, 9.17) is 0 Å². The van der Waals surface area contributed by atoms with E-state index in [0.717, 1.165) is 31.4 Å². The third-order valence-corrected chi connectivity index (χ3v) is 5.24. The Hall–Kier alpha value is -3.22. The highest BCUT2D eigenvalue weighted by Crippen LogP contribution is 2.18. The van der Waals surface area contributed by atoms with Crippen LogP contribution in [0.3, 0.4) is 0 Å². The maximum atomic E-state index is 13.7. The van der Waals surface area contributed by atoms with Crippen molar-refractivity contribution >= 4 is 22.8 Å². The largest absolute Gasteiger partial charge is 0.352 e. The molecule has 7 heteroatoms. The van der Waals surface area contributed by atoms with Crippen molar-refractivity contribution in [1.29, 1.82) is 0 Å². The van der Waals surface area contributed by atoms with E-state index in [1.54, 1.807) is 22.8 Å². The van der Waals surface area contributed by atoms with E-state index in [9.17, 15) is 14.0 Å². The van der Waals surface area contributed by atoms with Crippen LogP contribution in [0.4, 0.5) is 10.2 Å². The predicted molar refractivity (Wildman–Crippen MR) is 110 cm³/mol. The number of nitrogens with one attached hydrogen (secondary N) is 1. The molecule has 150 valence electrons. The molecule has 4 rings (SSSR count). The number of nitrogens with zero attached hydrogens (tertiary/aromatic N) is 3. The summed E-state index contributed by atoms with van der Waals surface area (Å²) in [4.78, 5) is 32.0. The molecule has 1 amide bonds. The van der Waals surface area contributed by atoms with Gasteiger partial charge in [0.25, 0.3) is 5.56 Å². The van der Waals surface area contributed by atoms with Crippen LogP contribution >= 0.6 is 0 Å². The summed E-state index contributed by atoms with van der Waals surface area (Å²) < 4.78 is 15.3. The van der Waals surface area contributed by atoms with Crippen LogP contribution < -0.4 is 15.8 Å². The Morgan fingerprint density at radius 2 is 1.79 bits per heavy atom. The van der Waals surface area contributed by atoms with E-state index in [2.05, 4.69) is 10.3 Å². The molecular weight excluding hydrogens is 371 g/mol. The molecule has 0 unspecified atom stereocenters. The molecule has 1 N–H and O–H groups in total. The molecule has 3 aromatic rings. The molecular formula is C22H23FN4O2. The Labute approximate surface area is 168 Å². The second-order valence-electron chi connectivity index (χ2n) is 7.19. The lowest BCUT2D eigenvalue weighted by Gasteiger charge is -2.19. The first-order valence-electron chi connectivity index (χ1n) is 9.88. The van der Waals surface area contributed by atoms with Gasteiger partial charge in [-0.2, -0.15) is 0 Å². The number of para-hydroxylation sites is 2. The molecule has 0 atom stereocenters. The van der Waals surface area contributed by atoms with Crippen LogP contribution in [-0.2, 0) is 17.9 Å². The van der Waals surface area contributed by atoms with Crippen molar-refractivity contribution < 1.29 is 9.18 Å². The lowest BCUT2D eigenvalue weighted by Crippen LogP contribution is -2.33. The molecule has 1 aliphatic rings. The molecule has 1 aromatic heterocycles. The van der Waals surface area contributed by atoms with E-state index < -0.39 is 0 Å². The molecule has 0 aliphatic carbocycles. The van der Waals surface area contributed by atoms with E-state index >= 15 is 0 Å². The molecule has 0 bridgehead atoms. The number of carbonyl (C=O) groups is 1. The maximum Gasteiger partial charge on any atom is 0.294 e. The van der Waals surface area contributed by atoms with Crippen LogP contribution in [0, 0.1) is 5.82 Å². The minimum absolute atomic E-state index is 0.122. The SMILES string of the molecule is O=C(CCn1c(=O)c(N2CCCC2)nc2ccccc21)NCc1ccccc1F. The summed E-state index contributed by atoms with van der Waals surface area (Å²) >= 11 is 0. The summed E-state index contributed by atoms with van der Waals surface area (Å²) in [7, 11) is 0. The third-order valence-electron chi connectivity index (χ3n) is 5.24. The van der Waals surface area contributed by atoms with Crippen molar-refractivity contribution in [3.8, 4) is 0 Å². The van der Waals surface area contributed by atoms with Crippen LogP contribution in [0.1, 0.15) is 24.8 Å². The summed E-state index contributed by atoms with van der Waals surface area (Å²) in [5.41, 5.74) is 1.71. The number of fused-ring (bicyclic) bond motifs is 1. The summed E-state index contributed by atoms with van der Waals surface area (Å²) in [5, 5.41) is 2.73. The Morgan fingerprint density at radius 3 is 2.59 bits per heavy atom. The van der Waals surface area contributed by atoms with Crippen molar-refractivity contribution in [2.45, 2.75) is 32.4 Å². The van der Waals surface area contributed by atoms with Crippen LogP contribution in [0.5, 0.6) is 0 Å². The summed E-state index contributed by atoms with van der Waals surface area (Å²) in [5.74, 6) is -0.129. The van der Waals surface area contributed by atoms with Gasteiger partial charge < -0.3 is 14.8 Å². The normalized spacial score (nSPS) is 13.8. The number of benzene rings is 2.